The highest BCUT2D eigenvalue weighted by atomic mass is 127. The van der Waals surface area contributed by atoms with Gasteiger partial charge in [0.2, 0.25) is 17.2 Å². The third-order valence-electron chi connectivity index (χ3n) is 8.97. The van der Waals surface area contributed by atoms with Gasteiger partial charge in [0.25, 0.3) is 0 Å². The number of aromatic carboxylic acids is 1. The molecular weight excluding hydrogens is 730 g/mol. The largest absolute Gasteiger partial charge is 0.481 e. The van der Waals surface area contributed by atoms with E-state index in [4.69, 9.17) is 21.1 Å². The molecule has 0 amide bonds. The molecule has 0 radical (unpaired) electrons. The summed E-state index contributed by atoms with van der Waals surface area (Å²) in [5.74, 6) is -0.434. The van der Waals surface area contributed by atoms with Crippen molar-refractivity contribution in [3.05, 3.63) is 75.1 Å². The third kappa shape index (κ3) is 5.99. The summed E-state index contributed by atoms with van der Waals surface area (Å²) in [6, 6.07) is 6.25. The number of carboxylic acid groups (broad SMARTS) is 1. The van der Waals surface area contributed by atoms with Crippen molar-refractivity contribution in [2.75, 3.05) is 52.3 Å². The zero-order valence-electron chi connectivity index (χ0n) is 25.8. The number of nitrogens with zero attached hydrogens (tertiary/aromatic N) is 5. The number of carboxylic acids is 1. The lowest BCUT2D eigenvalue weighted by atomic mass is 10.1. The average Bonchev–Trinajstić information content (AvgIpc) is 3.28. The molecule has 2 N–H and O–H groups in total. The number of fused-ring (bicyclic) bond motifs is 1. The molecular formula is C32H35ClFIN6O5. The predicted molar refractivity (Wildman–Crippen MR) is 184 cm³/mol. The molecule has 6 rings (SSSR count). The van der Waals surface area contributed by atoms with Crippen LogP contribution < -0.4 is 25.1 Å². The van der Waals surface area contributed by atoms with Crippen LogP contribution in [0.15, 0.2) is 53.2 Å². The van der Waals surface area contributed by atoms with Crippen LogP contribution in [0.5, 0.6) is 11.8 Å². The number of dihydropyridines is 1. The van der Waals surface area contributed by atoms with Gasteiger partial charge >= 0.3 is 5.97 Å². The van der Waals surface area contributed by atoms with Crippen LogP contribution in [0.2, 0.25) is 5.02 Å². The molecule has 0 bridgehead atoms. The number of aromatic nitrogens is 2. The number of allylic oxidation sites excluding steroid dienone is 2. The van der Waals surface area contributed by atoms with Crippen molar-refractivity contribution in [3.63, 3.8) is 0 Å². The third-order valence-corrected chi connectivity index (χ3v) is 10.8. The highest BCUT2D eigenvalue weighted by Gasteiger charge is 2.39. The van der Waals surface area contributed by atoms with E-state index < -0.39 is 22.8 Å². The van der Waals surface area contributed by atoms with Gasteiger partial charge < -0.3 is 39.2 Å². The summed E-state index contributed by atoms with van der Waals surface area (Å²) < 4.78 is 29.2. The Bertz CT molecular complexity index is 1810. The lowest BCUT2D eigenvalue weighted by Gasteiger charge is -2.45. The molecule has 3 aliphatic heterocycles. The summed E-state index contributed by atoms with van der Waals surface area (Å²) in [6.07, 6.45) is 5.90. The molecule has 2 unspecified atom stereocenters. The van der Waals surface area contributed by atoms with E-state index in [-0.39, 0.29) is 33.9 Å². The number of rotatable bonds is 9. The molecule has 1 aromatic carbocycles. The van der Waals surface area contributed by atoms with Gasteiger partial charge in [-0.25, -0.2) is 9.18 Å². The fourth-order valence-electron chi connectivity index (χ4n) is 6.20. The van der Waals surface area contributed by atoms with E-state index in [2.05, 4.69) is 56.8 Å². The van der Waals surface area contributed by atoms with Crippen molar-refractivity contribution >= 4 is 62.4 Å². The molecule has 0 saturated carbocycles. The molecule has 0 spiro atoms. The van der Waals surface area contributed by atoms with Crippen LogP contribution >= 0.6 is 34.2 Å². The molecule has 2 aromatic heterocycles. The topological polar surface area (TPSA) is 112 Å². The maximum absolute atomic E-state index is 16.1. The second-order valence-electron chi connectivity index (χ2n) is 12.0. The first-order valence-corrected chi connectivity index (χ1v) is 16.5. The number of carbonyl (C=O) groups is 1. The number of ether oxygens (including phenoxy) is 2. The number of likely N-dealkylation sites (N-methyl/N-ethyl adjacent to an activating group) is 1. The Kier molecular flexibility index (Phi) is 9.09. The van der Waals surface area contributed by atoms with E-state index in [0.717, 1.165) is 30.7 Å². The van der Waals surface area contributed by atoms with E-state index in [1.54, 1.807) is 22.8 Å². The molecule has 46 heavy (non-hydrogen) atoms. The van der Waals surface area contributed by atoms with Crippen molar-refractivity contribution in [2.45, 2.75) is 35.4 Å². The van der Waals surface area contributed by atoms with Gasteiger partial charge in [-0.2, -0.15) is 4.98 Å². The molecule has 2 fully saturated rings. The second-order valence-corrected chi connectivity index (χ2v) is 14.0. The predicted octanol–water partition coefficient (Wildman–Crippen LogP) is 4.28. The summed E-state index contributed by atoms with van der Waals surface area (Å²) in [4.78, 5) is 36.1. The maximum Gasteiger partial charge on any atom is 0.341 e. The Labute approximate surface area is 284 Å². The van der Waals surface area contributed by atoms with Crippen LogP contribution in [0.1, 0.15) is 23.7 Å². The molecule has 3 aromatic rings. The molecule has 5 heterocycles. The van der Waals surface area contributed by atoms with Crippen LogP contribution in [0.25, 0.3) is 16.6 Å². The number of anilines is 1. The van der Waals surface area contributed by atoms with Crippen LogP contribution in [0.4, 0.5) is 10.1 Å². The van der Waals surface area contributed by atoms with Gasteiger partial charge in [-0.05, 0) is 57.8 Å². The fourth-order valence-corrected chi connectivity index (χ4v) is 7.29. The van der Waals surface area contributed by atoms with Gasteiger partial charge in [0.05, 0.1) is 30.9 Å². The van der Waals surface area contributed by atoms with Crippen LogP contribution in [-0.2, 0) is 0 Å². The number of methoxy groups -OCH3 is 1. The highest BCUT2D eigenvalue weighted by Crippen LogP contribution is 2.38. The van der Waals surface area contributed by atoms with Gasteiger partial charge in [0.1, 0.15) is 28.8 Å². The van der Waals surface area contributed by atoms with Gasteiger partial charge in [0.15, 0.2) is 0 Å². The Morgan fingerprint density at radius 3 is 2.67 bits per heavy atom. The van der Waals surface area contributed by atoms with Crippen molar-refractivity contribution in [2.24, 2.45) is 0 Å². The minimum absolute atomic E-state index is 0.00794. The van der Waals surface area contributed by atoms with E-state index >= 15 is 4.39 Å². The number of likely N-dealkylation sites (tertiary alicyclic amines) is 1. The lowest BCUT2D eigenvalue weighted by molar-refractivity contribution is 0.0695. The lowest BCUT2D eigenvalue weighted by Crippen LogP contribution is -2.58. The number of benzene rings is 1. The zero-order valence-corrected chi connectivity index (χ0v) is 28.7. The first kappa shape index (κ1) is 32.4. The summed E-state index contributed by atoms with van der Waals surface area (Å²) in [5.41, 5.74) is 0.264. The molecule has 14 heteroatoms. The van der Waals surface area contributed by atoms with Crippen molar-refractivity contribution in [3.8, 4) is 11.8 Å². The van der Waals surface area contributed by atoms with E-state index in [1.165, 1.54) is 13.3 Å². The molecule has 3 atom stereocenters. The number of nitrogens with one attached hydrogen (secondary N) is 1. The SMILES string of the molecule is COc1ccc(Cl)c(OCC2CC(I)[C@@H](C)N2c2cc3c(cc2F)c(=O)c(C(=O)O)cn3C2=CC=C(N3CC(N(C)C)C3)NC2)n1. The molecule has 244 valence electrons. The number of alkyl halides is 1. The van der Waals surface area contributed by atoms with Gasteiger partial charge in [-0.15, -0.1) is 0 Å². The minimum Gasteiger partial charge on any atom is -0.481 e. The zero-order chi connectivity index (χ0) is 32.9. The Morgan fingerprint density at radius 1 is 1.26 bits per heavy atom. The van der Waals surface area contributed by atoms with Crippen molar-refractivity contribution in [1.29, 1.82) is 0 Å². The minimum atomic E-state index is -1.37. The Hall–Kier alpha value is -3.56. The number of halogens is 3. The van der Waals surface area contributed by atoms with Crippen LogP contribution in [-0.4, -0.2) is 99.9 Å². The number of hydrogen-bond acceptors (Lipinski definition) is 9. The standard InChI is InChI=1S/C32H35ClFIN6O5/c1-17-25(35)9-19(16-46-31-23(33)6-8-29(37-31)45-4)41(17)27-11-26-21(10-24(27)34)30(42)22(32(43)44)15-40(26)18-5-7-28(36-12-18)39-13-20(14-39)38(2)3/h5-8,10-11,15,17,19-20,25,36H,9,12-14,16H2,1-4H3,(H,43,44)/t17-,19?,25?/m1/s1. The first-order valence-electron chi connectivity index (χ1n) is 14.9. The van der Waals surface area contributed by atoms with Crippen molar-refractivity contribution < 1.29 is 23.8 Å². The monoisotopic (exact) mass is 764 g/mol. The maximum atomic E-state index is 16.1. The Morgan fingerprint density at radius 2 is 2.02 bits per heavy atom. The molecule has 11 nitrogen and oxygen atoms in total. The van der Waals surface area contributed by atoms with E-state index in [9.17, 15) is 14.7 Å². The summed E-state index contributed by atoms with van der Waals surface area (Å²) >= 11 is 8.69. The Balaban J connectivity index is 1.38. The average molecular weight is 765 g/mol. The molecule has 2 saturated heterocycles. The quantitative estimate of drug-likeness (QED) is 0.242. The van der Waals surface area contributed by atoms with E-state index in [0.29, 0.717) is 41.1 Å². The van der Waals surface area contributed by atoms with Gasteiger partial charge in [-0.3, -0.25) is 4.79 Å². The summed E-state index contributed by atoms with van der Waals surface area (Å²) in [6.45, 7) is 4.39. The van der Waals surface area contributed by atoms with Gasteiger partial charge in [0, 0.05) is 52.4 Å². The fraction of sp³-hybridized carbons (Fsp3) is 0.406. The summed E-state index contributed by atoms with van der Waals surface area (Å²) in [5, 5.41) is 13.6. The van der Waals surface area contributed by atoms with Gasteiger partial charge in [-0.1, -0.05) is 34.2 Å². The highest BCUT2D eigenvalue weighted by molar-refractivity contribution is 14.1. The number of hydrogen-bond donors (Lipinski definition) is 2. The van der Waals surface area contributed by atoms with Crippen LogP contribution in [0, 0.1) is 5.82 Å². The van der Waals surface area contributed by atoms with Crippen molar-refractivity contribution in [1.82, 2.24) is 24.7 Å². The number of pyridine rings is 2. The smallest absolute Gasteiger partial charge is 0.341 e. The summed E-state index contributed by atoms with van der Waals surface area (Å²) in [7, 11) is 5.63. The first-order chi connectivity index (χ1) is 22.0. The van der Waals surface area contributed by atoms with E-state index in [1.807, 2.05) is 24.0 Å². The van der Waals surface area contributed by atoms with Crippen LogP contribution in [0.3, 0.4) is 0 Å². The normalized spacial score (nSPS) is 21.6. The molecule has 0 aliphatic carbocycles. The molecule has 3 aliphatic rings. The second kappa shape index (κ2) is 12.9.